The molecular weight excluding hydrogens is 388 g/mol. The van der Waals surface area contributed by atoms with Crippen LogP contribution in [0, 0.1) is 0 Å². The number of rotatable bonds is 13. The van der Waals surface area contributed by atoms with Crippen molar-refractivity contribution in [1.82, 2.24) is 15.5 Å². The van der Waals surface area contributed by atoms with Gasteiger partial charge in [-0.3, -0.25) is 24.6 Å². The summed E-state index contributed by atoms with van der Waals surface area (Å²) in [6, 6.07) is 7.83. The number of amides is 1. The highest BCUT2D eigenvalue weighted by Gasteiger charge is 2.33. The Kier molecular flexibility index (Phi) is 9.72. The molecule has 0 bridgehead atoms. The summed E-state index contributed by atoms with van der Waals surface area (Å²) in [5.41, 5.74) is 6.45. The molecule has 1 aromatic rings. The van der Waals surface area contributed by atoms with Gasteiger partial charge in [0.15, 0.2) is 0 Å². The second kappa shape index (κ2) is 12.3. The summed E-state index contributed by atoms with van der Waals surface area (Å²) in [5, 5.41) is 25.0. The molecule has 0 saturated carbocycles. The molecule has 1 amide bonds. The van der Waals surface area contributed by atoms with E-state index in [0.29, 0.717) is 32.4 Å². The van der Waals surface area contributed by atoms with Gasteiger partial charge >= 0.3 is 11.9 Å². The molecule has 166 valence electrons. The number of likely N-dealkylation sites (tertiary alicyclic amines) is 1. The van der Waals surface area contributed by atoms with Gasteiger partial charge in [-0.25, -0.2) is 0 Å². The second-order valence-corrected chi connectivity index (χ2v) is 7.61. The first kappa shape index (κ1) is 23.8. The fraction of sp³-hybridized carbons (Fsp3) is 0.571. The van der Waals surface area contributed by atoms with E-state index < -0.39 is 30.1 Å². The van der Waals surface area contributed by atoms with E-state index in [1.807, 2.05) is 35.2 Å². The zero-order valence-corrected chi connectivity index (χ0v) is 17.1. The van der Waals surface area contributed by atoms with Crippen LogP contribution in [0.5, 0.6) is 0 Å². The number of carboxylic acid groups (broad SMARTS) is 2. The second-order valence-electron chi connectivity index (χ2n) is 7.61. The fourth-order valence-corrected chi connectivity index (χ4v) is 3.76. The van der Waals surface area contributed by atoms with Gasteiger partial charge < -0.3 is 21.3 Å². The van der Waals surface area contributed by atoms with Crippen LogP contribution in [0.3, 0.4) is 0 Å². The van der Waals surface area contributed by atoms with Gasteiger partial charge in [-0.1, -0.05) is 30.3 Å². The number of aryl methyl sites for hydroxylation is 1. The van der Waals surface area contributed by atoms with Crippen LogP contribution in [0.15, 0.2) is 30.3 Å². The topological polar surface area (TPSA) is 145 Å². The minimum atomic E-state index is -0.972. The summed E-state index contributed by atoms with van der Waals surface area (Å²) >= 11 is 0. The number of hydrogen-bond acceptors (Lipinski definition) is 6. The van der Waals surface area contributed by atoms with Crippen LogP contribution in [0.4, 0.5) is 0 Å². The monoisotopic (exact) mass is 420 g/mol. The first-order valence-corrected chi connectivity index (χ1v) is 10.4. The van der Waals surface area contributed by atoms with Crippen LogP contribution in [-0.4, -0.2) is 77.3 Å². The van der Waals surface area contributed by atoms with Crippen LogP contribution in [-0.2, 0) is 20.8 Å². The summed E-state index contributed by atoms with van der Waals surface area (Å²) in [6.45, 7) is 1.41. The molecule has 0 aliphatic carbocycles. The highest BCUT2D eigenvalue weighted by molar-refractivity contribution is 5.76. The van der Waals surface area contributed by atoms with Gasteiger partial charge in [-0.15, -0.1) is 0 Å². The summed E-state index contributed by atoms with van der Waals surface area (Å²) in [4.78, 5) is 37.0. The number of nitrogens with zero attached hydrogens (tertiary/aromatic N) is 1. The van der Waals surface area contributed by atoms with Crippen molar-refractivity contribution >= 4 is 17.8 Å². The van der Waals surface area contributed by atoms with Crippen LogP contribution in [0.1, 0.15) is 31.2 Å². The van der Waals surface area contributed by atoms with E-state index in [-0.39, 0.29) is 25.4 Å². The predicted octanol–water partition coefficient (Wildman–Crippen LogP) is 0.0446. The third kappa shape index (κ3) is 7.74. The number of carbonyl (C=O) groups excluding carboxylic acids is 1. The highest BCUT2D eigenvalue weighted by atomic mass is 16.4. The Morgan fingerprint density at radius 1 is 1.20 bits per heavy atom. The minimum absolute atomic E-state index is 0.185. The van der Waals surface area contributed by atoms with Crippen LogP contribution < -0.4 is 16.4 Å². The quantitative estimate of drug-likeness (QED) is 0.301. The standard InChI is InChI=1S/C21H32N4O5/c22-11-10-19(26)23-13-16(14-25-12-4-7-18(25)21(29)30)24-17(20(27)28)9-8-15-5-2-1-3-6-15/h1-3,5-6,16-18,24H,4,7-14,22H2,(H,23,26)(H,27,28)(H,29,30)/t16?,17?,18-/m0/s1. The van der Waals surface area contributed by atoms with Crippen LogP contribution in [0.2, 0.25) is 0 Å². The predicted molar refractivity (Wildman–Crippen MR) is 112 cm³/mol. The zero-order chi connectivity index (χ0) is 21.9. The maximum atomic E-state index is 11.8. The number of hydrogen-bond donors (Lipinski definition) is 5. The molecule has 30 heavy (non-hydrogen) atoms. The van der Waals surface area contributed by atoms with Gasteiger partial charge in [0.05, 0.1) is 0 Å². The van der Waals surface area contributed by atoms with Gasteiger partial charge in [-0.05, 0) is 37.8 Å². The molecule has 2 unspecified atom stereocenters. The number of nitrogens with one attached hydrogen (secondary N) is 2. The summed E-state index contributed by atoms with van der Waals surface area (Å²) in [7, 11) is 0. The van der Waals surface area contributed by atoms with Crippen molar-refractivity contribution in [3.63, 3.8) is 0 Å². The summed E-state index contributed by atoms with van der Waals surface area (Å²) in [6.07, 6.45) is 2.51. The summed E-state index contributed by atoms with van der Waals surface area (Å²) < 4.78 is 0. The largest absolute Gasteiger partial charge is 0.480 e. The van der Waals surface area contributed by atoms with Gasteiger partial charge in [0, 0.05) is 32.1 Å². The summed E-state index contributed by atoms with van der Waals surface area (Å²) in [5.74, 6) is -2.06. The maximum absolute atomic E-state index is 11.8. The average molecular weight is 421 g/mol. The number of carbonyl (C=O) groups is 3. The normalized spacial score (nSPS) is 18.6. The Bertz CT molecular complexity index is 700. The van der Waals surface area contributed by atoms with Gasteiger partial charge in [0.1, 0.15) is 12.1 Å². The van der Waals surface area contributed by atoms with E-state index >= 15 is 0 Å². The molecule has 3 atom stereocenters. The van der Waals surface area contributed by atoms with Crippen molar-refractivity contribution in [2.24, 2.45) is 5.73 Å². The molecule has 0 aromatic heterocycles. The van der Waals surface area contributed by atoms with Crippen molar-refractivity contribution in [2.75, 3.05) is 26.2 Å². The molecule has 2 rings (SSSR count). The van der Waals surface area contributed by atoms with Crippen molar-refractivity contribution in [1.29, 1.82) is 0 Å². The molecule has 1 fully saturated rings. The average Bonchev–Trinajstić information content (AvgIpc) is 3.18. The van der Waals surface area contributed by atoms with Crippen molar-refractivity contribution in [3.05, 3.63) is 35.9 Å². The Hall–Kier alpha value is -2.49. The third-order valence-corrected chi connectivity index (χ3v) is 5.32. The van der Waals surface area contributed by atoms with E-state index in [0.717, 1.165) is 12.0 Å². The minimum Gasteiger partial charge on any atom is -0.480 e. The molecule has 9 heteroatoms. The molecule has 9 nitrogen and oxygen atoms in total. The molecule has 0 radical (unpaired) electrons. The lowest BCUT2D eigenvalue weighted by Crippen LogP contribution is -2.54. The van der Waals surface area contributed by atoms with Gasteiger partial charge in [-0.2, -0.15) is 0 Å². The van der Waals surface area contributed by atoms with Crippen LogP contribution >= 0.6 is 0 Å². The number of nitrogens with two attached hydrogens (primary N) is 1. The van der Waals surface area contributed by atoms with Crippen molar-refractivity contribution in [3.8, 4) is 0 Å². The lowest BCUT2D eigenvalue weighted by atomic mass is 10.0. The molecule has 1 aromatic carbocycles. The van der Waals surface area contributed by atoms with Gasteiger partial charge in [0.25, 0.3) is 0 Å². The zero-order valence-electron chi connectivity index (χ0n) is 17.1. The van der Waals surface area contributed by atoms with E-state index in [1.165, 1.54) is 0 Å². The molecule has 1 aliphatic rings. The highest BCUT2D eigenvalue weighted by Crippen LogP contribution is 2.18. The Labute approximate surface area is 176 Å². The van der Waals surface area contributed by atoms with E-state index in [4.69, 9.17) is 5.73 Å². The smallest absolute Gasteiger partial charge is 0.320 e. The van der Waals surface area contributed by atoms with E-state index in [2.05, 4.69) is 10.6 Å². The molecule has 6 N–H and O–H groups in total. The first-order chi connectivity index (χ1) is 14.4. The SMILES string of the molecule is NCCC(=O)NCC(CN1CCC[C@H]1C(=O)O)NC(CCc1ccccc1)C(=O)O. The fourth-order valence-electron chi connectivity index (χ4n) is 3.76. The van der Waals surface area contributed by atoms with E-state index in [1.54, 1.807) is 0 Å². The van der Waals surface area contributed by atoms with E-state index in [9.17, 15) is 24.6 Å². The Balaban J connectivity index is 2.03. The first-order valence-electron chi connectivity index (χ1n) is 10.4. The molecule has 1 heterocycles. The Morgan fingerprint density at radius 2 is 1.93 bits per heavy atom. The van der Waals surface area contributed by atoms with Gasteiger partial charge in [0.2, 0.25) is 5.91 Å². The Morgan fingerprint density at radius 3 is 2.57 bits per heavy atom. The molecule has 1 aliphatic heterocycles. The van der Waals surface area contributed by atoms with Crippen LogP contribution in [0.25, 0.3) is 0 Å². The lowest BCUT2D eigenvalue weighted by Gasteiger charge is -2.30. The molecular formula is C21H32N4O5. The maximum Gasteiger partial charge on any atom is 0.320 e. The number of aliphatic carboxylic acids is 2. The van der Waals surface area contributed by atoms with Crippen molar-refractivity contribution in [2.45, 2.75) is 50.2 Å². The third-order valence-electron chi connectivity index (χ3n) is 5.32. The molecule has 0 spiro atoms. The number of benzene rings is 1. The van der Waals surface area contributed by atoms with Crippen molar-refractivity contribution < 1.29 is 24.6 Å². The number of carboxylic acids is 2. The lowest BCUT2D eigenvalue weighted by molar-refractivity contribution is -0.143. The molecule has 1 saturated heterocycles.